The van der Waals surface area contributed by atoms with Crippen molar-refractivity contribution in [2.24, 2.45) is 13.0 Å². The SMILES string of the molecule is Cn1nncc1C(F)C1CCNCC1. The molecule has 1 unspecified atom stereocenters. The third-order valence-electron chi connectivity index (χ3n) is 2.83. The second-order valence-corrected chi connectivity index (χ2v) is 3.77. The zero-order valence-corrected chi connectivity index (χ0v) is 8.28. The number of halogens is 1. The van der Waals surface area contributed by atoms with Gasteiger partial charge in [-0.1, -0.05) is 5.21 Å². The van der Waals surface area contributed by atoms with Gasteiger partial charge >= 0.3 is 0 Å². The largest absolute Gasteiger partial charge is 0.317 e. The second-order valence-electron chi connectivity index (χ2n) is 3.77. The average molecular weight is 198 g/mol. The summed E-state index contributed by atoms with van der Waals surface area (Å²) in [5.74, 6) is 0.119. The van der Waals surface area contributed by atoms with Gasteiger partial charge in [-0.3, -0.25) is 0 Å². The Labute approximate surface area is 82.5 Å². The van der Waals surface area contributed by atoms with Crippen LogP contribution in [0.1, 0.15) is 24.7 Å². The van der Waals surface area contributed by atoms with E-state index in [0.29, 0.717) is 5.69 Å². The topological polar surface area (TPSA) is 42.7 Å². The van der Waals surface area contributed by atoms with Crippen LogP contribution < -0.4 is 5.32 Å². The highest BCUT2D eigenvalue weighted by Crippen LogP contribution is 2.31. The molecule has 0 bridgehead atoms. The fourth-order valence-corrected chi connectivity index (χ4v) is 1.93. The molecule has 1 aromatic rings. The lowest BCUT2D eigenvalue weighted by molar-refractivity contribution is 0.181. The molecule has 0 spiro atoms. The number of hydrogen-bond donors (Lipinski definition) is 1. The molecule has 1 atom stereocenters. The van der Waals surface area contributed by atoms with Crippen LogP contribution in [0.4, 0.5) is 4.39 Å². The van der Waals surface area contributed by atoms with Crippen molar-refractivity contribution in [1.82, 2.24) is 20.3 Å². The van der Waals surface area contributed by atoms with Crippen molar-refractivity contribution >= 4 is 0 Å². The molecule has 1 aliphatic heterocycles. The zero-order chi connectivity index (χ0) is 9.97. The van der Waals surface area contributed by atoms with Crippen LogP contribution in [-0.2, 0) is 7.05 Å². The Morgan fingerprint density at radius 1 is 1.57 bits per heavy atom. The van der Waals surface area contributed by atoms with Crippen LogP contribution in [0.5, 0.6) is 0 Å². The van der Waals surface area contributed by atoms with Crippen LogP contribution in [0.15, 0.2) is 6.20 Å². The number of hydrogen-bond acceptors (Lipinski definition) is 3. The molecule has 5 heteroatoms. The number of nitrogens with one attached hydrogen (secondary N) is 1. The molecular formula is C9H15FN4. The predicted molar refractivity (Wildman–Crippen MR) is 50.4 cm³/mol. The summed E-state index contributed by atoms with van der Waals surface area (Å²) in [4.78, 5) is 0. The van der Waals surface area contributed by atoms with Crippen molar-refractivity contribution in [3.8, 4) is 0 Å². The molecule has 4 nitrogen and oxygen atoms in total. The van der Waals surface area contributed by atoms with Gasteiger partial charge in [-0.25, -0.2) is 9.07 Å². The highest BCUT2D eigenvalue weighted by molar-refractivity contribution is 5.01. The molecule has 0 aliphatic carbocycles. The zero-order valence-electron chi connectivity index (χ0n) is 8.28. The van der Waals surface area contributed by atoms with Gasteiger partial charge in [0.05, 0.1) is 11.9 Å². The molecule has 2 heterocycles. The fourth-order valence-electron chi connectivity index (χ4n) is 1.93. The summed E-state index contributed by atoms with van der Waals surface area (Å²) in [5.41, 5.74) is 0.594. The van der Waals surface area contributed by atoms with Gasteiger partial charge in [0.25, 0.3) is 0 Å². The molecule has 0 saturated carbocycles. The summed E-state index contributed by atoms with van der Waals surface area (Å²) in [6.07, 6.45) is 2.39. The maximum Gasteiger partial charge on any atom is 0.146 e. The Bertz CT molecular complexity index is 293. The molecule has 1 N–H and O–H groups in total. The monoisotopic (exact) mass is 198 g/mol. The molecule has 1 saturated heterocycles. The summed E-state index contributed by atoms with van der Waals surface area (Å²) < 4.78 is 15.5. The smallest absolute Gasteiger partial charge is 0.146 e. The van der Waals surface area contributed by atoms with Crippen LogP contribution in [0.25, 0.3) is 0 Å². The van der Waals surface area contributed by atoms with Crippen molar-refractivity contribution in [1.29, 1.82) is 0 Å². The summed E-state index contributed by atoms with van der Waals surface area (Å²) in [6, 6.07) is 0. The molecule has 78 valence electrons. The van der Waals surface area contributed by atoms with E-state index < -0.39 is 6.17 Å². The van der Waals surface area contributed by atoms with Crippen molar-refractivity contribution in [2.75, 3.05) is 13.1 Å². The van der Waals surface area contributed by atoms with Gasteiger partial charge in [0, 0.05) is 7.05 Å². The van der Waals surface area contributed by atoms with E-state index in [0.717, 1.165) is 25.9 Å². The molecule has 1 aliphatic rings. The first kappa shape index (κ1) is 9.58. The van der Waals surface area contributed by atoms with Gasteiger partial charge in [0.15, 0.2) is 0 Å². The standard InChI is InChI=1S/C9H15FN4/c1-14-8(6-12-13-14)9(10)7-2-4-11-5-3-7/h6-7,9,11H,2-5H2,1H3. The van der Waals surface area contributed by atoms with E-state index in [1.807, 2.05) is 0 Å². The van der Waals surface area contributed by atoms with E-state index in [1.54, 1.807) is 7.05 Å². The first-order valence-corrected chi connectivity index (χ1v) is 4.98. The van der Waals surface area contributed by atoms with Crippen LogP contribution >= 0.6 is 0 Å². The van der Waals surface area contributed by atoms with Gasteiger partial charge in [-0.15, -0.1) is 5.10 Å². The summed E-state index contributed by atoms with van der Waals surface area (Å²) >= 11 is 0. The van der Waals surface area contributed by atoms with Gasteiger partial charge in [0.2, 0.25) is 0 Å². The minimum absolute atomic E-state index is 0.119. The molecule has 2 rings (SSSR count). The Morgan fingerprint density at radius 3 is 2.86 bits per heavy atom. The quantitative estimate of drug-likeness (QED) is 0.765. The molecule has 0 radical (unpaired) electrons. The second kappa shape index (κ2) is 4.04. The number of alkyl halides is 1. The van der Waals surface area contributed by atoms with Crippen molar-refractivity contribution in [2.45, 2.75) is 19.0 Å². The van der Waals surface area contributed by atoms with Gasteiger partial charge < -0.3 is 5.32 Å². The summed E-state index contributed by atoms with van der Waals surface area (Å²) in [6.45, 7) is 1.83. The number of aryl methyl sites for hydroxylation is 1. The van der Waals surface area contributed by atoms with E-state index in [4.69, 9.17) is 0 Å². The lowest BCUT2D eigenvalue weighted by Gasteiger charge is -2.25. The minimum atomic E-state index is -0.919. The van der Waals surface area contributed by atoms with Gasteiger partial charge in [0.1, 0.15) is 6.17 Å². The first-order chi connectivity index (χ1) is 6.79. The Morgan fingerprint density at radius 2 is 2.29 bits per heavy atom. The first-order valence-electron chi connectivity index (χ1n) is 4.98. The van der Waals surface area contributed by atoms with Crippen LogP contribution in [0.3, 0.4) is 0 Å². The van der Waals surface area contributed by atoms with Crippen molar-refractivity contribution in [3.63, 3.8) is 0 Å². The Hall–Kier alpha value is -0.970. The molecular weight excluding hydrogens is 183 g/mol. The van der Waals surface area contributed by atoms with Gasteiger partial charge in [-0.05, 0) is 31.8 Å². The number of aromatic nitrogens is 3. The maximum absolute atomic E-state index is 14.0. The summed E-state index contributed by atoms with van der Waals surface area (Å²) in [7, 11) is 1.73. The predicted octanol–water partition coefficient (Wildman–Crippen LogP) is 0.825. The van der Waals surface area contributed by atoms with E-state index in [9.17, 15) is 4.39 Å². The minimum Gasteiger partial charge on any atom is -0.317 e. The number of nitrogens with zero attached hydrogens (tertiary/aromatic N) is 3. The normalized spacial score (nSPS) is 21.0. The van der Waals surface area contributed by atoms with Crippen molar-refractivity contribution < 1.29 is 4.39 Å². The number of piperidine rings is 1. The third kappa shape index (κ3) is 1.77. The van der Waals surface area contributed by atoms with E-state index in [2.05, 4.69) is 15.6 Å². The fraction of sp³-hybridized carbons (Fsp3) is 0.778. The third-order valence-corrected chi connectivity index (χ3v) is 2.83. The van der Waals surface area contributed by atoms with E-state index in [-0.39, 0.29) is 5.92 Å². The number of rotatable bonds is 2. The van der Waals surface area contributed by atoms with Crippen LogP contribution in [0, 0.1) is 5.92 Å². The van der Waals surface area contributed by atoms with Crippen LogP contribution in [0.2, 0.25) is 0 Å². The maximum atomic E-state index is 14.0. The van der Waals surface area contributed by atoms with E-state index in [1.165, 1.54) is 10.9 Å². The van der Waals surface area contributed by atoms with E-state index >= 15 is 0 Å². The van der Waals surface area contributed by atoms with Crippen LogP contribution in [-0.4, -0.2) is 28.1 Å². The Balaban J connectivity index is 2.07. The molecule has 1 aromatic heterocycles. The molecule has 14 heavy (non-hydrogen) atoms. The average Bonchev–Trinajstić information content (AvgIpc) is 2.65. The highest BCUT2D eigenvalue weighted by atomic mass is 19.1. The summed E-state index contributed by atoms with van der Waals surface area (Å²) in [5, 5.41) is 10.7. The van der Waals surface area contributed by atoms with Gasteiger partial charge in [-0.2, -0.15) is 0 Å². The van der Waals surface area contributed by atoms with Crippen molar-refractivity contribution in [3.05, 3.63) is 11.9 Å². The molecule has 0 aromatic carbocycles. The lowest BCUT2D eigenvalue weighted by atomic mass is 9.91. The lowest BCUT2D eigenvalue weighted by Crippen LogP contribution is -2.30. The molecule has 0 amide bonds. The highest BCUT2D eigenvalue weighted by Gasteiger charge is 2.26. The molecule has 1 fully saturated rings. The Kier molecular flexibility index (Phi) is 2.77.